The second-order valence-corrected chi connectivity index (χ2v) is 5.19. The van der Waals surface area contributed by atoms with Gasteiger partial charge in [0.25, 0.3) is 0 Å². The average molecular weight is 365 g/mol. The van der Waals surface area contributed by atoms with Gasteiger partial charge in [-0.05, 0) is 36.5 Å². The molecule has 2 rings (SSSR count). The third-order valence-electron chi connectivity index (χ3n) is 2.54. The summed E-state index contributed by atoms with van der Waals surface area (Å²) in [5.74, 6) is 0.113. The van der Waals surface area contributed by atoms with Crippen LogP contribution in [-0.4, -0.2) is 28.9 Å². The van der Waals surface area contributed by atoms with Gasteiger partial charge < -0.3 is 15.2 Å². The van der Waals surface area contributed by atoms with Gasteiger partial charge in [0.05, 0.1) is 23.1 Å². The number of nitrogens with zero attached hydrogens (tertiary/aromatic N) is 2. The first kappa shape index (κ1) is 17.6. The van der Waals surface area contributed by atoms with E-state index in [1.165, 1.54) is 12.4 Å². The topological polar surface area (TPSA) is 98.8 Å². The van der Waals surface area contributed by atoms with Crippen LogP contribution in [0.25, 0.3) is 0 Å². The Morgan fingerprint density at radius 1 is 1.38 bits per heavy atom. The second kappa shape index (κ2) is 8.80. The number of hydrogen-bond acceptors (Lipinski definition) is 6. The number of thiocarbonyl (C=S) groups is 1. The van der Waals surface area contributed by atoms with E-state index in [1.807, 2.05) is 0 Å². The second-order valence-electron chi connectivity index (χ2n) is 4.35. The van der Waals surface area contributed by atoms with E-state index in [0.717, 1.165) is 0 Å². The van der Waals surface area contributed by atoms with E-state index in [2.05, 4.69) is 27.7 Å². The molecule has 0 aliphatic heterocycles. The summed E-state index contributed by atoms with van der Waals surface area (Å²) in [6.07, 6.45) is 2.81. The van der Waals surface area contributed by atoms with Crippen LogP contribution in [0.5, 0.6) is 11.5 Å². The third-order valence-corrected chi connectivity index (χ3v) is 2.95. The largest absolute Gasteiger partial charge is 0.480 e. The summed E-state index contributed by atoms with van der Waals surface area (Å²) in [7, 11) is 0. The smallest absolute Gasteiger partial charge is 0.349 e. The van der Waals surface area contributed by atoms with Crippen LogP contribution >= 0.6 is 23.8 Å². The highest BCUT2D eigenvalue weighted by atomic mass is 35.5. The Labute approximate surface area is 148 Å². The van der Waals surface area contributed by atoms with Crippen LogP contribution in [-0.2, 0) is 4.79 Å². The number of carbonyl (C=O) groups excluding carboxylic acids is 1. The van der Waals surface area contributed by atoms with E-state index in [1.54, 1.807) is 36.4 Å². The summed E-state index contributed by atoms with van der Waals surface area (Å²) in [6.45, 7) is -0.273. The number of nitrogens with two attached hydrogens (primary N) is 1. The van der Waals surface area contributed by atoms with Crippen molar-refractivity contribution in [2.45, 2.75) is 0 Å². The number of pyridine rings is 1. The van der Waals surface area contributed by atoms with Crippen molar-refractivity contribution in [2.75, 3.05) is 6.61 Å². The minimum atomic E-state index is -0.576. The zero-order valence-corrected chi connectivity index (χ0v) is 13.9. The van der Waals surface area contributed by atoms with Crippen molar-refractivity contribution in [1.29, 1.82) is 0 Å². The van der Waals surface area contributed by atoms with Crippen molar-refractivity contribution >= 4 is 41.1 Å². The van der Waals surface area contributed by atoms with E-state index >= 15 is 0 Å². The number of hydrazone groups is 1. The highest BCUT2D eigenvalue weighted by Crippen LogP contribution is 2.23. The zero-order chi connectivity index (χ0) is 17.4. The minimum Gasteiger partial charge on any atom is -0.480 e. The number of hydrogen-bond donors (Lipinski definition) is 2. The average Bonchev–Trinajstić information content (AvgIpc) is 2.55. The van der Waals surface area contributed by atoms with Gasteiger partial charge in [0.15, 0.2) is 11.7 Å². The molecule has 0 saturated carbocycles. The Hall–Kier alpha value is -2.71. The quantitative estimate of drug-likeness (QED) is 0.349. The summed E-state index contributed by atoms with van der Waals surface area (Å²) < 4.78 is 10.4. The molecule has 124 valence electrons. The fraction of sp³-hybridized carbons (Fsp3) is 0.0667. The molecule has 9 heteroatoms. The SMILES string of the molecule is NC(=S)N/N=C\c1ccc(OC(=O)COc2ccccc2Cl)cn1. The van der Waals surface area contributed by atoms with Crippen LogP contribution in [0.4, 0.5) is 0 Å². The highest BCUT2D eigenvalue weighted by Gasteiger charge is 2.08. The fourth-order valence-corrected chi connectivity index (χ4v) is 1.79. The molecule has 0 atom stereocenters. The lowest BCUT2D eigenvalue weighted by Crippen LogP contribution is -2.24. The molecular formula is C15H13ClN4O3S. The first-order valence-corrected chi connectivity index (χ1v) is 7.46. The molecule has 7 nitrogen and oxygen atoms in total. The number of para-hydroxylation sites is 1. The fourth-order valence-electron chi connectivity index (χ4n) is 1.55. The molecular weight excluding hydrogens is 352 g/mol. The van der Waals surface area contributed by atoms with Gasteiger partial charge in [-0.2, -0.15) is 5.10 Å². The van der Waals surface area contributed by atoms with E-state index in [0.29, 0.717) is 16.5 Å². The maximum Gasteiger partial charge on any atom is 0.349 e. The summed E-state index contributed by atoms with van der Waals surface area (Å²) in [6, 6.07) is 10.0. The van der Waals surface area contributed by atoms with Crippen molar-refractivity contribution < 1.29 is 14.3 Å². The Balaban J connectivity index is 1.84. The number of benzene rings is 1. The number of ether oxygens (including phenoxy) is 2. The number of halogens is 1. The molecule has 24 heavy (non-hydrogen) atoms. The Kier molecular flexibility index (Phi) is 6.47. The third kappa shape index (κ3) is 5.82. The summed E-state index contributed by atoms with van der Waals surface area (Å²) in [4.78, 5) is 15.8. The van der Waals surface area contributed by atoms with Crippen molar-refractivity contribution in [2.24, 2.45) is 10.8 Å². The number of rotatable bonds is 6. The predicted octanol–water partition coefficient (Wildman–Crippen LogP) is 1.89. The molecule has 1 heterocycles. The van der Waals surface area contributed by atoms with Crippen LogP contribution < -0.4 is 20.6 Å². The Morgan fingerprint density at radius 2 is 2.17 bits per heavy atom. The van der Waals surface area contributed by atoms with Gasteiger partial charge in [-0.15, -0.1) is 0 Å². The van der Waals surface area contributed by atoms with Crippen molar-refractivity contribution in [3.8, 4) is 11.5 Å². The molecule has 0 radical (unpaired) electrons. The van der Waals surface area contributed by atoms with Crippen LogP contribution in [0.2, 0.25) is 5.02 Å². The van der Waals surface area contributed by atoms with Crippen molar-refractivity contribution in [3.63, 3.8) is 0 Å². The van der Waals surface area contributed by atoms with Crippen LogP contribution in [0.15, 0.2) is 47.7 Å². The number of carbonyl (C=O) groups is 1. The van der Waals surface area contributed by atoms with E-state index in [-0.39, 0.29) is 17.5 Å². The number of aromatic nitrogens is 1. The molecule has 0 bridgehead atoms. The molecule has 3 N–H and O–H groups in total. The van der Waals surface area contributed by atoms with Crippen LogP contribution in [0.3, 0.4) is 0 Å². The predicted molar refractivity (Wildman–Crippen MR) is 94.3 cm³/mol. The summed E-state index contributed by atoms with van der Waals surface area (Å²) in [5, 5.41) is 4.23. The minimum absolute atomic E-state index is 0.0512. The molecule has 2 aromatic rings. The normalized spacial score (nSPS) is 10.4. The molecule has 0 fully saturated rings. The molecule has 0 aliphatic rings. The standard InChI is InChI=1S/C15H13ClN4O3S/c16-12-3-1-2-4-13(12)22-9-14(21)23-11-6-5-10(18-8-11)7-19-20-15(17)24/h1-8H,9H2,(H3,17,20,24)/b19-7-. The van der Waals surface area contributed by atoms with Gasteiger partial charge in [-0.3, -0.25) is 10.4 Å². The zero-order valence-electron chi connectivity index (χ0n) is 12.3. The molecule has 0 amide bonds. The van der Waals surface area contributed by atoms with Crippen LogP contribution in [0, 0.1) is 0 Å². The van der Waals surface area contributed by atoms with E-state index in [9.17, 15) is 4.79 Å². The lowest BCUT2D eigenvalue weighted by Gasteiger charge is -2.07. The highest BCUT2D eigenvalue weighted by molar-refractivity contribution is 7.80. The maximum atomic E-state index is 11.7. The summed E-state index contributed by atoms with van der Waals surface area (Å²) in [5.41, 5.74) is 8.16. The number of esters is 1. The van der Waals surface area contributed by atoms with Gasteiger partial charge in [-0.25, -0.2) is 4.79 Å². The molecule has 0 aliphatic carbocycles. The maximum absolute atomic E-state index is 11.7. The number of nitrogens with one attached hydrogen (secondary N) is 1. The molecule has 0 spiro atoms. The van der Waals surface area contributed by atoms with E-state index < -0.39 is 5.97 Å². The van der Waals surface area contributed by atoms with Gasteiger partial charge in [0.2, 0.25) is 0 Å². The van der Waals surface area contributed by atoms with Gasteiger partial charge in [0.1, 0.15) is 11.5 Å². The molecule has 1 aromatic heterocycles. The van der Waals surface area contributed by atoms with Gasteiger partial charge in [-0.1, -0.05) is 23.7 Å². The molecule has 0 unspecified atom stereocenters. The van der Waals surface area contributed by atoms with Crippen molar-refractivity contribution in [1.82, 2.24) is 10.4 Å². The van der Waals surface area contributed by atoms with Crippen molar-refractivity contribution in [3.05, 3.63) is 53.3 Å². The monoisotopic (exact) mass is 364 g/mol. The lowest BCUT2D eigenvalue weighted by molar-refractivity contribution is -0.136. The molecule has 0 saturated heterocycles. The first-order chi connectivity index (χ1) is 11.5. The van der Waals surface area contributed by atoms with E-state index in [4.69, 9.17) is 26.8 Å². The first-order valence-electron chi connectivity index (χ1n) is 6.67. The Morgan fingerprint density at radius 3 is 2.83 bits per heavy atom. The van der Waals surface area contributed by atoms with Gasteiger partial charge >= 0.3 is 5.97 Å². The molecule has 1 aromatic carbocycles. The van der Waals surface area contributed by atoms with Crippen LogP contribution in [0.1, 0.15) is 5.69 Å². The summed E-state index contributed by atoms with van der Waals surface area (Å²) >= 11 is 10.5. The van der Waals surface area contributed by atoms with Gasteiger partial charge in [0, 0.05) is 0 Å². The Bertz CT molecular complexity index is 753. The lowest BCUT2D eigenvalue weighted by atomic mass is 10.3.